The summed E-state index contributed by atoms with van der Waals surface area (Å²) in [6, 6.07) is 17.0. The van der Waals surface area contributed by atoms with E-state index in [1.807, 2.05) is 61.5 Å². The van der Waals surface area contributed by atoms with Crippen LogP contribution in [0.1, 0.15) is 22.4 Å². The Hall–Kier alpha value is -3.61. The first-order chi connectivity index (χ1) is 13.6. The first-order valence-corrected chi connectivity index (χ1v) is 9.11. The molecule has 1 aliphatic rings. The number of aromatic nitrogens is 2. The Kier molecular flexibility index (Phi) is 4.80. The van der Waals surface area contributed by atoms with Gasteiger partial charge < -0.3 is 15.5 Å². The van der Waals surface area contributed by atoms with Crippen molar-refractivity contribution in [3.8, 4) is 0 Å². The number of aryl methyl sites for hydroxylation is 1. The number of H-pyrrole nitrogens is 1. The molecule has 0 bridgehead atoms. The van der Waals surface area contributed by atoms with Gasteiger partial charge in [0.25, 0.3) is 0 Å². The number of hydrogen-bond acceptors (Lipinski definition) is 3. The summed E-state index contributed by atoms with van der Waals surface area (Å²) in [6.07, 6.45) is 0.279. The molecule has 7 nitrogen and oxygen atoms in total. The second-order valence-electron chi connectivity index (χ2n) is 6.90. The molecule has 0 saturated heterocycles. The Balaban J connectivity index is 1.38. The summed E-state index contributed by atoms with van der Waals surface area (Å²) in [5.41, 5.74) is 4.50. The zero-order chi connectivity index (χ0) is 19.5. The van der Waals surface area contributed by atoms with Crippen LogP contribution in [0.15, 0.2) is 54.6 Å². The fraction of sp³-hybridized carbons (Fsp3) is 0.190. The van der Waals surface area contributed by atoms with Gasteiger partial charge in [0.1, 0.15) is 0 Å². The van der Waals surface area contributed by atoms with Gasteiger partial charge in [-0.2, -0.15) is 5.10 Å². The Morgan fingerprint density at radius 1 is 1.07 bits per heavy atom. The number of rotatable bonds is 4. The number of hydrogen-bond donors (Lipinski definition) is 3. The monoisotopic (exact) mass is 375 g/mol. The standard InChI is InChI=1S/C21H21N5O2/c1-14-6-5-7-15(10-14)11-19(27)23-20-17-12-26(13-18(17)24-25-20)21(28)22-16-8-3-2-4-9-16/h2-10H,11-13H2,1H3,(H,22,28)(H2,23,24,25,27). The van der Waals surface area contributed by atoms with Crippen molar-refractivity contribution in [3.63, 3.8) is 0 Å². The average molecular weight is 375 g/mol. The smallest absolute Gasteiger partial charge is 0.314 e. The minimum atomic E-state index is -0.187. The lowest BCUT2D eigenvalue weighted by Crippen LogP contribution is -2.30. The summed E-state index contributed by atoms with van der Waals surface area (Å²) < 4.78 is 0. The molecule has 0 saturated carbocycles. The fourth-order valence-corrected chi connectivity index (χ4v) is 3.29. The van der Waals surface area contributed by atoms with Crippen LogP contribution in [0.2, 0.25) is 0 Å². The highest BCUT2D eigenvalue weighted by atomic mass is 16.2. The van der Waals surface area contributed by atoms with Gasteiger partial charge in [-0.3, -0.25) is 9.89 Å². The molecule has 0 unspecified atom stereocenters. The van der Waals surface area contributed by atoms with Crippen LogP contribution in [0.5, 0.6) is 0 Å². The third-order valence-corrected chi connectivity index (χ3v) is 4.67. The van der Waals surface area contributed by atoms with E-state index in [9.17, 15) is 9.59 Å². The third kappa shape index (κ3) is 3.88. The highest BCUT2D eigenvalue weighted by Gasteiger charge is 2.28. The minimum Gasteiger partial charge on any atom is -0.314 e. The number of carbonyl (C=O) groups is 2. The molecule has 0 radical (unpaired) electrons. The topological polar surface area (TPSA) is 90.1 Å². The molecule has 3 aromatic rings. The molecule has 142 valence electrons. The van der Waals surface area contributed by atoms with Gasteiger partial charge in [0, 0.05) is 11.3 Å². The van der Waals surface area contributed by atoms with Gasteiger partial charge in [-0.25, -0.2) is 4.79 Å². The van der Waals surface area contributed by atoms with Gasteiger partial charge in [-0.05, 0) is 24.6 Å². The van der Waals surface area contributed by atoms with Gasteiger partial charge in [-0.15, -0.1) is 0 Å². The Bertz CT molecular complexity index is 1010. The van der Waals surface area contributed by atoms with Gasteiger partial charge in [0.05, 0.1) is 25.2 Å². The molecule has 2 aromatic carbocycles. The number of urea groups is 1. The number of nitrogens with zero attached hydrogens (tertiary/aromatic N) is 2. The maximum Gasteiger partial charge on any atom is 0.322 e. The van der Waals surface area contributed by atoms with Crippen molar-refractivity contribution in [2.45, 2.75) is 26.4 Å². The second kappa shape index (κ2) is 7.56. The first-order valence-electron chi connectivity index (χ1n) is 9.11. The molecular weight excluding hydrogens is 354 g/mol. The van der Waals surface area contributed by atoms with Crippen LogP contribution in [0.4, 0.5) is 16.3 Å². The zero-order valence-corrected chi connectivity index (χ0v) is 15.5. The second-order valence-corrected chi connectivity index (χ2v) is 6.90. The van der Waals surface area contributed by atoms with Crippen LogP contribution in [0, 0.1) is 6.92 Å². The first kappa shape index (κ1) is 17.8. The zero-order valence-electron chi connectivity index (χ0n) is 15.5. The number of para-hydroxylation sites is 1. The van der Waals surface area contributed by atoms with Crippen molar-refractivity contribution in [1.29, 1.82) is 0 Å². The quantitative estimate of drug-likeness (QED) is 0.652. The number of carbonyl (C=O) groups excluding carboxylic acids is 2. The summed E-state index contributed by atoms with van der Waals surface area (Å²) in [6.45, 7) is 2.82. The lowest BCUT2D eigenvalue weighted by molar-refractivity contribution is -0.115. The molecule has 7 heteroatoms. The maximum absolute atomic E-state index is 12.5. The Morgan fingerprint density at radius 2 is 1.89 bits per heavy atom. The molecule has 1 aromatic heterocycles. The number of aromatic amines is 1. The number of nitrogens with one attached hydrogen (secondary N) is 3. The SMILES string of the molecule is Cc1cccc(CC(=O)Nc2n[nH]c3c2CN(C(=O)Nc2ccccc2)C3)c1. The highest BCUT2D eigenvalue weighted by molar-refractivity contribution is 5.93. The van der Waals surface area contributed by atoms with E-state index in [0.29, 0.717) is 18.9 Å². The number of benzene rings is 2. The predicted octanol–water partition coefficient (Wildman–Crippen LogP) is 3.45. The normalized spacial score (nSPS) is 12.5. The van der Waals surface area contributed by atoms with Crippen molar-refractivity contribution in [1.82, 2.24) is 15.1 Å². The van der Waals surface area contributed by atoms with Crippen molar-refractivity contribution in [3.05, 3.63) is 77.0 Å². The minimum absolute atomic E-state index is 0.132. The number of anilines is 2. The number of fused-ring (bicyclic) bond motifs is 1. The van der Waals surface area contributed by atoms with Crippen LogP contribution in [0.25, 0.3) is 0 Å². The molecule has 0 atom stereocenters. The molecule has 28 heavy (non-hydrogen) atoms. The lowest BCUT2D eigenvalue weighted by Gasteiger charge is -2.16. The molecule has 3 amide bonds. The molecule has 2 heterocycles. The van der Waals surface area contributed by atoms with Crippen LogP contribution in [-0.2, 0) is 24.3 Å². The van der Waals surface area contributed by atoms with Gasteiger partial charge in [0.15, 0.2) is 5.82 Å². The van der Waals surface area contributed by atoms with Crippen molar-refractivity contribution in [2.75, 3.05) is 10.6 Å². The molecule has 0 aliphatic carbocycles. The van der Waals surface area contributed by atoms with Gasteiger partial charge in [-0.1, -0.05) is 48.0 Å². The van der Waals surface area contributed by atoms with E-state index in [4.69, 9.17) is 0 Å². The summed E-state index contributed by atoms with van der Waals surface area (Å²) in [5.74, 6) is 0.356. The van der Waals surface area contributed by atoms with E-state index in [2.05, 4.69) is 20.8 Å². The number of amides is 3. The third-order valence-electron chi connectivity index (χ3n) is 4.67. The fourth-order valence-electron chi connectivity index (χ4n) is 3.29. The van der Waals surface area contributed by atoms with Gasteiger partial charge in [0.2, 0.25) is 5.91 Å². The summed E-state index contributed by atoms with van der Waals surface area (Å²) >= 11 is 0. The van der Waals surface area contributed by atoms with Crippen molar-refractivity contribution < 1.29 is 9.59 Å². The van der Waals surface area contributed by atoms with Crippen molar-refractivity contribution in [2.24, 2.45) is 0 Å². The van der Waals surface area contributed by atoms with E-state index in [1.54, 1.807) is 4.90 Å². The molecule has 1 aliphatic heterocycles. The summed E-state index contributed by atoms with van der Waals surface area (Å²) in [4.78, 5) is 26.5. The van der Waals surface area contributed by atoms with E-state index in [-0.39, 0.29) is 18.4 Å². The Morgan fingerprint density at radius 3 is 2.68 bits per heavy atom. The maximum atomic E-state index is 12.5. The van der Waals surface area contributed by atoms with E-state index in [0.717, 1.165) is 28.1 Å². The predicted molar refractivity (Wildman–Crippen MR) is 107 cm³/mol. The summed E-state index contributed by atoms with van der Waals surface area (Å²) in [7, 11) is 0. The Labute approximate surface area is 162 Å². The van der Waals surface area contributed by atoms with Crippen LogP contribution < -0.4 is 10.6 Å². The largest absolute Gasteiger partial charge is 0.322 e. The van der Waals surface area contributed by atoms with Crippen LogP contribution >= 0.6 is 0 Å². The van der Waals surface area contributed by atoms with E-state index < -0.39 is 0 Å². The molecule has 4 rings (SSSR count). The highest BCUT2D eigenvalue weighted by Crippen LogP contribution is 2.27. The molecule has 0 fully saturated rings. The van der Waals surface area contributed by atoms with E-state index in [1.165, 1.54) is 0 Å². The van der Waals surface area contributed by atoms with Crippen molar-refractivity contribution >= 4 is 23.4 Å². The lowest BCUT2D eigenvalue weighted by atomic mass is 10.1. The average Bonchev–Trinajstić information content (AvgIpc) is 3.25. The summed E-state index contributed by atoms with van der Waals surface area (Å²) in [5, 5.41) is 12.9. The molecule has 3 N–H and O–H groups in total. The van der Waals surface area contributed by atoms with E-state index >= 15 is 0 Å². The molecule has 0 spiro atoms. The molecular formula is C21H21N5O2. The van der Waals surface area contributed by atoms with Crippen LogP contribution in [0.3, 0.4) is 0 Å². The van der Waals surface area contributed by atoms with Gasteiger partial charge >= 0.3 is 6.03 Å². The van der Waals surface area contributed by atoms with Crippen LogP contribution in [-0.4, -0.2) is 27.0 Å².